The number of pyridine rings is 1. The zero-order valence-electron chi connectivity index (χ0n) is 4.20. The molecule has 0 fully saturated rings. The third kappa shape index (κ3) is 0.946. The number of anilines is 1. The lowest BCUT2D eigenvalue weighted by Crippen LogP contribution is -1.86. The van der Waals surface area contributed by atoms with Gasteiger partial charge in [-0.25, -0.2) is 0 Å². The number of nitrogens with zero attached hydrogens (tertiary/aromatic N) is 1. The van der Waals surface area contributed by atoms with E-state index in [9.17, 15) is 0 Å². The van der Waals surface area contributed by atoms with E-state index >= 15 is 0 Å². The van der Waals surface area contributed by atoms with Crippen molar-refractivity contribution in [1.82, 2.24) is 4.98 Å². The molecule has 0 bridgehead atoms. The molecular formula is C5H6N2O. The van der Waals surface area contributed by atoms with Crippen LogP contribution in [-0.4, -0.2) is 10.2 Å². The largest absolute Gasteiger partial charge is 0.291 e. The van der Waals surface area contributed by atoms with Gasteiger partial charge in [-0.3, -0.25) is 15.7 Å². The summed E-state index contributed by atoms with van der Waals surface area (Å²) in [4.78, 5) is 3.74. The van der Waals surface area contributed by atoms with E-state index in [4.69, 9.17) is 5.21 Å². The van der Waals surface area contributed by atoms with Gasteiger partial charge in [-0.1, -0.05) is 0 Å². The first-order valence-corrected chi connectivity index (χ1v) is 2.23. The van der Waals surface area contributed by atoms with Crippen LogP contribution in [0.5, 0.6) is 0 Å². The summed E-state index contributed by atoms with van der Waals surface area (Å²) >= 11 is 0. The number of hydrogen-bond donors (Lipinski definition) is 2. The van der Waals surface area contributed by atoms with E-state index in [1.54, 1.807) is 24.5 Å². The van der Waals surface area contributed by atoms with Crippen LogP contribution in [-0.2, 0) is 0 Å². The number of rotatable bonds is 1. The minimum atomic E-state index is 0.653. The normalized spacial score (nSPS) is 8.62. The lowest BCUT2D eigenvalue weighted by Gasteiger charge is -1.92. The molecule has 0 radical (unpaired) electrons. The van der Waals surface area contributed by atoms with Crippen LogP contribution in [0.15, 0.2) is 24.5 Å². The Morgan fingerprint density at radius 3 is 2.38 bits per heavy atom. The zero-order valence-corrected chi connectivity index (χ0v) is 4.20. The van der Waals surface area contributed by atoms with E-state index in [1.165, 1.54) is 0 Å². The molecule has 0 aliphatic rings. The van der Waals surface area contributed by atoms with Crippen LogP contribution in [0.25, 0.3) is 0 Å². The van der Waals surface area contributed by atoms with Gasteiger partial charge >= 0.3 is 0 Å². The summed E-state index contributed by atoms with van der Waals surface area (Å²) in [6, 6.07) is 3.33. The molecule has 0 unspecified atom stereocenters. The predicted molar refractivity (Wildman–Crippen MR) is 29.6 cm³/mol. The van der Waals surface area contributed by atoms with Crippen molar-refractivity contribution in [1.29, 1.82) is 0 Å². The van der Waals surface area contributed by atoms with Gasteiger partial charge in [0.2, 0.25) is 0 Å². The first kappa shape index (κ1) is 5.05. The van der Waals surface area contributed by atoms with E-state index in [1.807, 2.05) is 5.48 Å². The molecule has 3 nitrogen and oxygen atoms in total. The summed E-state index contributed by atoms with van der Waals surface area (Å²) < 4.78 is 0. The highest BCUT2D eigenvalue weighted by Gasteiger charge is 1.80. The van der Waals surface area contributed by atoms with Crippen LogP contribution in [0.4, 0.5) is 5.69 Å². The molecule has 1 heterocycles. The van der Waals surface area contributed by atoms with Gasteiger partial charge in [-0.2, -0.15) is 0 Å². The third-order valence-corrected chi connectivity index (χ3v) is 0.809. The Hall–Kier alpha value is -1.09. The molecule has 0 saturated carbocycles. The Bertz CT molecular complexity index is 152. The SMILES string of the molecule is ONc1ccncc1. The molecule has 1 aromatic heterocycles. The molecule has 8 heavy (non-hydrogen) atoms. The number of hydrogen-bond acceptors (Lipinski definition) is 3. The highest BCUT2D eigenvalue weighted by Crippen LogP contribution is 1.99. The molecular weight excluding hydrogens is 104 g/mol. The van der Waals surface area contributed by atoms with Crippen molar-refractivity contribution < 1.29 is 5.21 Å². The second kappa shape index (κ2) is 2.28. The van der Waals surface area contributed by atoms with Crippen LogP contribution in [0.3, 0.4) is 0 Å². The fraction of sp³-hybridized carbons (Fsp3) is 0. The predicted octanol–water partition coefficient (Wildman–Crippen LogP) is 0.883. The first-order chi connectivity index (χ1) is 3.93. The van der Waals surface area contributed by atoms with Crippen molar-refractivity contribution in [3.8, 4) is 0 Å². The maximum absolute atomic E-state index is 8.26. The summed E-state index contributed by atoms with van der Waals surface area (Å²) in [5.74, 6) is 0. The van der Waals surface area contributed by atoms with Crippen molar-refractivity contribution in [2.24, 2.45) is 0 Å². The molecule has 2 N–H and O–H groups in total. The number of aromatic nitrogens is 1. The van der Waals surface area contributed by atoms with Crippen LogP contribution in [0, 0.1) is 0 Å². The van der Waals surface area contributed by atoms with Crippen molar-refractivity contribution >= 4 is 5.69 Å². The van der Waals surface area contributed by atoms with Crippen LogP contribution < -0.4 is 5.48 Å². The van der Waals surface area contributed by atoms with E-state index < -0.39 is 0 Å². The van der Waals surface area contributed by atoms with E-state index in [0.29, 0.717) is 5.69 Å². The quantitative estimate of drug-likeness (QED) is 0.527. The molecule has 0 amide bonds. The van der Waals surface area contributed by atoms with Gasteiger partial charge in [0.15, 0.2) is 0 Å². The standard InChI is InChI=1S/C5H6N2O/c8-7-5-1-3-6-4-2-5/h1-4,8H,(H,6,7). The topological polar surface area (TPSA) is 45.1 Å². The summed E-state index contributed by atoms with van der Waals surface area (Å²) in [5, 5.41) is 8.26. The van der Waals surface area contributed by atoms with Crippen LogP contribution in [0.1, 0.15) is 0 Å². The Kier molecular flexibility index (Phi) is 1.44. The Morgan fingerprint density at radius 1 is 1.38 bits per heavy atom. The Labute approximate surface area is 46.9 Å². The molecule has 1 rings (SSSR count). The molecule has 3 heteroatoms. The molecule has 0 atom stereocenters. The molecule has 0 spiro atoms. The third-order valence-electron chi connectivity index (χ3n) is 0.809. The highest BCUT2D eigenvalue weighted by atomic mass is 16.5. The van der Waals surface area contributed by atoms with Gasteiger partial charge in [-0.15, -0.1) is 0 Å². The van der Waals surface area contributed by atoms with Crippen molar-refractivity contribution in [3.63, 3.8) is 0 Å². The maximum atomic E-state index is 8.26. The molecule has 0 aliphatic carbocycles. The summed E-state index contributed by atoms with van der Waals surface area (Å²) in [5.41, 5.74) is 2.64. The maximum Gasteiger partial charge on any atom is 0.0632 e. The van der Waals surface area contributed by atoms with Crippen LogP contribution in [0.2, 0.25) is 0 Å². The molecule has 0 aliphatic heterocycles. The van der Waals surface area contributed by atoms with Crippen molar-refractivity contribution in [3.05, 3.63) is 24.5 Å². The minimum Gasteiger partial charge on any atom is -0.291 e. The fourth-order valence-corrected chi connectivity index (χ4v) is 0.426. The lowest BCUT2D eigenvalue weighted by molar-refractivity contribution is 0.389. The average Bonchev–Trinajstić information content (AvgIpc) is 1.90. The molecule has 0 saturated heterocycles. The summed E-state index contributed by atoms with van der Waals surface area (Å²) in [7, 11) is 0. The van der Waals surface area contributed by atoms with E-state index in [2.05, 4.69) is 4.98 Å². The summed E-state index contributed by atoms with van der Waals surface area (Å²) in [6.07, 6.45) is 3.19. The number of nitrogens with one attached hydrogen (secondary N) is 1. The minimum absolute atomic E-state index is 0.653. The second-order valence-electron chi connectivity index (χ2n) is 1.35. The highest BCUT2D eigenvalue weighted by molar-refractivity contribution is 5.37. The second-order valence-corrected chi connectivity index (χ2v) is 1.35. The average molecular weight is 110 g/mol. The molecule has 0 aromatic carbocycles. The fourth-order valence-electron chi connectivity index (χ4n) is 0.426. The van der Waals surface area contributed by atoms with E-state index in [-0.39, 0.29) is 0 Å². The lowest BCUT2D eigenvalue weighted by atomic mass is 10.4. The molecule has 1 aromatic rings. The van der Waals surface area contributed by atoms with Gasteiger partial charge in [0.25, 0.3) is 0 Å². The van der Waals surface area contributed by atoms with Gasteiger partial charge in [-0.05, 0) is 12.1 Å². The van der Waals surface area contributed by atoms with Crippen molar-refractivity contribution in [2.75, 3.05) is 5.48 Å². The van der Waals surface area contributed by atoms with E-state index in [0.717, 1.165) is 0 Å². The van der Waals surface area contributed by atoms with Gasteiger partial charge in [0.05, 0.1) is 5.69 Å². The molecule has 42 valence electrons. The zero-order chi connectivity index (χ0) is 5.82. The Morgan fingerprint density at radius 2 is 2.00 bits per heavy atom. The summed E-state index contributed by atoms with van der Waals surface area (Å²) in [6.45, 7) is 0. The van der Waals surface area contributed by atoms with Crippen LogP contribution >= 0.6 is 0 Å². The van der Waals surface area contributed by atoms with Gasteiger partial charge < -0.3 is 0 Å². The monoisotopic (exact) mass is 110 g/mol. The smallest absolute Gasteiger partial charge is 0.0632 e. The van der Waals surface area contributed by atoms with Gasteiger partial charge in [0.1, 0.15) is 0 Å². The van der Waals surface area contributed by atoms with Crippen molar-refractivity contribution in [2.45, 2.75) is 0 Å². The van der Waals surface area contributed by atoms with Gasteiger partial charge in [0, 0.05) is 12.4 Å². The first-order valence-electron chi connectivity index (χ1n) is 2.23. The Balaban J connectivity index is 2.83.